The molecule has 0 saturated heterocycles. The lowest BCUT2D eigenvalue weighted by Gasteiger charge is -2.16. The van der Waals surface area contributed by atoms with Gasteiger partial charge in [-0.2, -0.15) is 0 Å². The van der Waals surface area contributed by atoms with Crippen LogP contribution in [-0.4, -0.2) is 11.8 Å². The molecule has 0 aromatic carbocycles. The van der Waals surface area contributed by atoms with Crippen LogP contribution in [0.25, 0.3) is 0 Å². The summed E-state index contributed by atoms with van der Waals surface area (Å²) in [5.74, 6) is -0.422. The van der Waals surface area contributed by atoms with Gasteiger partial charge in [-0.3, -0.25) is 14.9 Å². The van der Waals surface area contributed by atoms with Crippen molar-refractivity contribution < 1.29 is 9.59 Å². The molecule has 0 radical (unpaired) electrons. The molecular weight excluding hydrogens is 815 g/mol. The van der Waals surface area contributed by atoms with Gasteiger partial charge in [0.15, 0.2) is 0 Å². The van der Waals surface area contributed by atoms with Crippen molar-refractivity contribution in [2.45, 2.75) is 380 Å². The zero-order valence-corrected chi connectivity index (χ0v) is 46.7. The molecule has 398 valence electrons. The Bertz CT molecular complexity index is 989. The number of unbranched alkanes of at least 4 members (excludes halogenated alkanes) is 52. The van der Waals surface area contributed by atoms with Crippen LogP contribution in [0.3, 0.4) is 0 Å². The van der Waals surface area contributed by atoms with E-state index in [9.17, 15) is 9.59 Å². The van der Waals surface area contributed by atoms with Crippen LogP contribution in [0.1, 0.15) is 380 Å². The van der Waals surface area contributed by atoms with E-state index >= 15 is 0 Å². The van der Waals surface area contributed by atoms with Crippen LogP contribution in [0.5, 0.6) is 0 Å². The monoisotopic (exact) mass is 940 g/mol. The number of carbonyl (C=O) groups excluding carboxylic acids is 2. The van der Waals surface area contributed by atoms with E-state index in [1.165, 1.54) is 334 Å². The van der Waals surface area contributed by atoms with Gasteiger partial charge in [0.25, 0.3) is 5.91 Å². The summed E-state index contributed by atoms with van der Waals surface area (Å²) in [6, 6.07) is 0. The van der Waals surface area contributed by atoms with Gasteiger partial charge >= 0.3 is 0 Å². The van der Waals surface area contributed by atoms with Gasteiger partial charge in [-0.1, -0.05) is 367 Å². The highest BCUT2D eigenvalue weighted by molar-refractivity contribution is 6.04. The van der Waals surface area contributed by atoms with Crippen LogP contribution in [0.15, 0.2) is 12.2 Å². The molecule has 0 fully saturated rings. The number of carbonyl (C=O) groups is 2. The van der Waals surface area contributed by atoms with Crippen molar-refractivity contribution in [2.75, 3.05) is 0 Å². The summed E-state index contributed by atoms with van der Waals surface area (Å²) in [5, 5.41) is 2.64. The van der Waals surface area contributed by atoms with Gasteiger partial charge in [-0.25, -0.2) is 0 Å². The number of hydrogen-bond donors (Lipinski definition) is 1. The van der Waals surface area contributed by atoms with E-state index in [2.05, 4.69) is 25.7 Å². The van der Waals surface area contributed by atoms with Crippen molar-refractivity contribution in [3.63, 3.8) is 0 Å². The Morgan fingerprint density at radius 3 is 0.582 bits per heavy atom. The van der Waals surface area contributed by atoms with Crippen LogP contribution in [0.2, 0.25) is 0 Å². The molecule has 0 saturated carbocycles. The second-order valence-corrected chi connectivity index (χ2v) is 22.3. The van der Waals surface area contributed by atoms with Crippen LogP contribution >= 0.6 is 0 Å². The summed E-state index contributed by atoms with van der Waals surface area (Å²) in [5.41, 5.74) is 0.415. The molecular formula is C64H125NO2. The molecule has 0 bridgehead atoms. The minimum Gasteiger partial charge on any atom is -0.292 e. The Morgan fingerprint density at radius 1 is 0.284 bits per heavy atom. The lowest BCUT2D eigenvalue weighted by Crippen LogP contribution is -2.36. The average Bonchev–Trinajstić information content (AvgIpc) is 3.32. The first-order chi connectivity index (χ1) is 33.0. The van der Waals surface area contributed by atoms with Crippen LogP contribution in [0, 0.1) is 5.92 Å². The molecule has 1 atom stereocenters. The molecule has 67 heavy (non-hydrogen) atoms. The highest BCUT2D eigenvalue weighted by Gasteiger charge is 2.20. The zero-order chi connectivity index (χ0) is 48.6. The van der Waals surface area contributed by atoms with E-state index < -0.39 is 0 Å². The molecule has 1 N–H and O–H groups in total. The smallest absolute Gasteiger partial charge is 0.252 e. The summed E-state index contributed by atoms with van der Waals surface area (Å²) in [4.78, 5) is 25.3. The third kappa shape index (κ3) is 54.1. The van der Waals surface area contributed by atoms with Gasteiger partial charge in [0.05, 0.1) is 0 Å². The number of imide groups is 1. The van der Waals surface area contributed by atoms with Crippen LogP contribution in [0.4, 0.5) is 0 Å². The Balaban J connectivity index is 3.65. The summed E-state index contributed by atoms with van der Waals surface area (Å²) >= 11 is 0. The van der Waals surface area contributed by atoms with Gasteiger partial charge in [-0.05, 0) is 19.8 Å². The number of amides is 2. The minimum atomic E-state index is -0.310. The van der Waals surface area contributed by atoms with Crippen molar-refractivity contribution in [1.82, 2.24) is 5.32 Å². The zero-order valence-electron chi connectivity index (χ0n) is 46.7. The largest absolute Gasteiger partial charge is 0.292 e. The number of rotatable bonds is 58. The molecule has 0 heterocycles. The molecule has 0 aromatic heterocycles. The van der Waals surface area contributed by atoms with Gasteiger partial charge < -0.3 is 0 Å². The molecule has 2 amide bonds. The normalized spacial score (nSPS) is 12.0. The third-order valence-corrected chi connectivity index (χ3v) is 15.3. The molecule has 0 aromatic rings. The lowest BCUT2D eigenvalue weighted by atomic mass is 9.93. The minimum absolute atomic E-state index is 0.0401. The molecule has 1 unspecified atom stereocenters. The maximum atomic E-state index is 13.0. The summed E-state index contributed by atoms with van der Waals surface area (Å²) in [6.07, 6.45) is 77.9. The highest BCUT2D eigenvalue weighted by atomic mass is 16.2. The fraction of sp³-hybridized carbons (Fsp3) is 0.938. The molecule has 0 aliphatic heterocycles. The van der Waals surface area contributed by atoms with E-state index in [1.54, 1.807) is 6.92 Å². The Kier molecular flexibility index (Phi) is 56.5. The third-order valence-electron chi connectivity index (χ3n) is 15.3. The van der Waals surface area contributed by atoms with E-state index in [-0.39, 0.29) is 17.7 Å². The first-order valence-electron chi connectivity index (χ1n) is 31.5. The molecule has 3 heteroatoms. The van der Waals surface area contributed by atoms with Crippen molar-refractivity contribution in [1.29, 1.82) is 0 Å². The second-order valence-electron chi connectivity index (χ2n) is 22.3. The first kappa shape index (κ1) is 65.9. The van der Waals surface area contributed by atoms with E-state index in [1.807, 2.05) is 0 Å². The summed E-state index contributed by atoms with van der Waals surface area (Å²) in [7, 11) is 0. The highest BCUT2D eigenvalue weighted by Crippen LogP contribution is 2.22. The maximum Gasteiger partial charge on any atom is 0.252 e. The quantitative estimate of drug-likeness (QED) is 0.0488. The summed E-state index contributed by atoms with van der Waals surface area (Å²) < 4.78 is 0. The molecule has 0 spiro atoms. The molecule has 0 aliphatic carbocycles. The first-order valence-corrected chi connectivity index (χ1v) is 31.5. The second kappa shape index (κ2) is 57.5. The number of nitrogens with one attached hydrogen (secondary N) is 1. The SMILES string of the molecule is C=C(C)C(=O)NC(=O)C(CCCCCCCCCCCCCCCCCCCCCCCCCCCC)CCCCCCCCCCCCCCCCCCCCCCCCCCCCCC. The van der Waals surface area contributed by atoms with E-state index in [0.29, 0.717) is 5.57 Å². The maximum absolute atomic E-state index is 13.0. The predicted octanol–water partition coefficient (Wildman–Crippen LogP) is 22.7. The van der Waals surface area contributed by atoms with E-state index in [0.717, 1.165) is 25.7 Å². The van der Waals surface area contributed by atoms with E-state index in [4.69, 9.17) is 0 Å². The van der Waals surface area contributed by atoms with Crippen molar-refractivity contribution >= 4 is 11.8 Å². The molecule has 0 aliphatic rings. The van der Waals surface area contributed by atoms with Crippen molar-refractivity contribution in [3.05, 3.63) is 12.2 Å². The average molecular weight is 941 g/mol. The predicted molar refractivity (Wildman–Crippen MR) is 301 cm³/mol. The Labute approximate surface area is 423 Å². The van der Waals surface area contributed by atoms with Crippen LogP contribution in [-0.2, 0) is 9.59 Å². The number of hydrogen-bond acceptors (Lipinski definition) is 2. The lowest BCUT2D eigenvalue weighted by molar-refractivity contribution is -0.131. The van der Waals surface area contributed by atoms with Gasteiger partial charge in [-0.15, -0.1) is 0 Å². The Hall–Kier alpha value is -1.12. The molecule has 3 nitrogen and oxygen atoms in total. The standard InChI is InChI=1S/C64H125NO2/c1-5-7-9-11-13-15-17-19-21-23-25-27-29-31-33-34-36-38-40-42-44-46-48-50-52-54-56-58-60-62(64(67)65-63(66)61(3)4)59-57-55-53-51-49-47-45-43-41-39-37-35-32-30-28-26-24-22-20-18-16-14-12-10-8-6-2/h62H,3,5-60H2,1-2,4H3,(H,65,66,67). The van der Waals surface area contributed by atoms with Gasteiger partial charge in [0.2, 0.25) is 5.91 Å². The van der Waals surface area contributed by atoms with Crippen molar-refractivity contribution in [3.8, 4) is 0 Å². The molecule has 0 rings (SSSR count). The topological polar surface area (TPSA) is 46.2 Å². The fourth-order valence-corrected chi connectivity index (χ4v) is 10.5. The van der Waals surface area contributed by atoms with Gasteiger partial charge in [0, 0.05) is 11.5 Å². The Morgan fingerprint density at radius 2 is 0.433 bits per heavy atom. The van der Waals surface area contributed by atoms with Crippen LogP contribution < -0.4 is 5.32 Å². The van der Waals surface area contributed by atoms with Crippen molar-refractivity contribution in [2.24, 2.45) is 5.92 Å². The summed E-state index contributed by atoms with van der Waals surface area (Å²) in [6.45, 7) is 10.0. The fourth-order valence-electron chi connectivity index (χ4n) is 10.5. The van der Waals surface area contributed by atoms with Gasteiger partial charge in [0.1, 0.15) is 0 Å².